The predicted molar refractivity (Wildman–Crippen MR) is 112 cm³/mol. The summed E-state index contributed by atoms with van der Waals surface area (Å²) in [5, 5.41) is 3.11. The van der Waals surface area contributed by atoms with Crippen LogP contribution < -0.4 is 14.8 Å². The van der Waals surface area contributed by atoms with Crippen LogP contribution in [0.15, 0.2) is 18.2 Å². The molecule has 0 aliphatic carbocycles. The van der Waals surface area contributed by atoms with Crippen molar-refractivity contribution in [3.8, 4) is 11.5 Å². The Morgan fingerprint density at radius 3 is 3.00 bits per heavy atom. The zero-order valence-corrected chi connectivity index (χ0v) is 18.1. The Morgan fingerprint density at radius 2 is 2.20 bits per heavy atom. The fourth-order valence-corrected chi connectivity index (χ4v) is 4.66. The van der Waals surface area contributed by atoms with Crippen LogP contribution in [0.3, 0.4) is 0 Å². The number of amides is 2. The first-order chi connectivity index (χ1) is 14.3. The Labute approximate surface area is 179 Å². The zero-order valence-electron chi connectivity index (χ0n) is 17.3. The molecule has 0 spiro atoms. The molecule has 1 aromatic carbocycles. The van der Waals surface area contributed by atoms with Crippen molar-refractivity contribution in [2.24, 2.45) is 0 Å². The van der Waals surface area contributed by atoms with Crippen LogP contribution >= 0.6 is 11.3 Å². The molecule has 0 atom stereocenters. The summed E-state index contributed by atoms with van der Waals surface area (Å²) in [5.74, 6) is 1.24. The second-order valence-electron chi connectivity index (χ2n) is 7.87. The third kappa shape index (κ3) is 4.35. The van der Waals surface area contributed by atoms with Gasteiger partial charge in [0.25, 0.3) is 5.91 Å². The Kier molecular flexibility index (Phi) is 5.55. The Bertz CT molecular complexity index is 972. The first-order valence-corrected chi connectivity index (χ1v) is 10.8. The van der Waals surface area contributed by atoms with Crippen molar-refractivity contribution in [1.29, 1.82) is 0 Å². The summed E-state index contributed by atoms with van der Waals surface area (Å²) in [6.07, 6.45) is 0.932. The highest BCUT2D eigenvalue weighted by Gasteiger charge is 2.32. The van der Waals surface area contributed by atoms with E-state index in [1.165, 1.54) is 11.3 Å². The number of para-hydroxylation sites is 1. The standard InChI is InChI=1S/C21H25N3O5S/c1-4-27-20(26)23-19-22-14-8-9-24(11-16(14)30-19)17(25)12-28-15-7-5-6-13-10-21(2,3)29-18(13)15/h5-7H,4,8-12H2,1-3H3,(H,22,23,26). The van der Waals surface area contributed by atoms with E-state index in [1.807, 2.05) is 32.0 Å². The van der Waals surface area contributed by atoms with Crippen LogP contribution in [0, 0.1) is 0 Å². The molecule has 4 rings (SSSR count). The second-order valence-corrected chi connectivity index (χ2v) is 8.95. The van der Waals surface area contributed by atoms with Gasteiger partial charge in [-0.2, -0.15) is 0 Å². The van der Waals surface area contributed by atoms with E-state index in [0.29, 0.717) is 37.0 Å². The molecule has 0 radical (unpaired) electrons. The third-order valence-corrected chi connectivity index (χ3v) is 5.97. The van der Waals surface area contributed by atoms with Crippen LogP contribution in [0.4, 0.5) is 9.93 Å². The van der Waals surface area contributed by atoms with Crippen molar-refractivity contribution < 1.29 is 23.8 Å². The van der Waals surface area contributed by atoms with Crippen molar-refractivity contribution in [2.75, 3.05) is 25.1 Å². The molecule has 2 aromatic rings. The smallest absolute Gasteiger partial charge is 0.413 e. The maximum Gasteiger partial charge on any atom is 0.413 e. The minimum atomic E-state index is -0.522. The first kappa shape index (κ1) is 20.5. The monoisotopic (exact) mass is 431 g/mol. The van der Waals surface area contributed by atoms with Crippen LogP contribution in [0.1, 0.15) is 36.9 Å². The summed E-state index contributed by atoms with van der Waals surface area (Å²) in [4.78, 5) is 31.5. The highest BCUT2D eigenvalue weighted by atomic mass is 32.1. The summed E-state index contributed by atoms with van der Waals surface area (Å²) < 4.78 is 16.7. The van der Waals surface area contributed by atoms with Crippen molar-refractivity contribution >= 4 is 28.5 Å². The van der Waals surface area contributed by atoms with Crippen LogP contribution in [0.5, 0.6) is 11.5 Å². The van der Waals surface area contributed by atoms with E-state index in [2.05, 4.69) is 10.3 Å². The molecule has 1 N–H and O–H groups in total. The van der Waals surface area contributed by atoms with Gasteiger partial charge in [0, 0.05) is 29.8 Å². The molecule has 0 saturated carbocycles. The quantitative estimate of drug-likeness (QED) is 0.781. The number of anilines is 1. The van der Waals surface area contributed by atoms with Crippen molar-refractivity contribution in [3.05, 3.63) is 34.3 Å². The van der Waals surface area contributed by atoms with E-state index < -0.39 is 6.09 Å². The number of aromatic nitrogens is 1. The topological polar surface area (TPSA) is 90.0 Å². The maximum absolute atomic E-state index is 12.7. The highest BCUT2D eigenvalue weighted by molar-refractivity contribution is 7.15. The van der Waals surface area contributed by atoms with Crippen LogP contribution in [0.25, 0.3) is 0 Å². The van der Waals surface area contributed by atoms with Gasteiger partial charge in [-0.1, -0.05) is 23.5 Å². The lowest BCUT2D eigenvalue weighted by molar-refractivity contribution is -0.134. The number of carbonyl (C=O) groups is 2. The number of ether oxygens (including phenoxy) is 3. The summed E-state index contributed by atoms with van der Waals surface area (Å²) in [6, 6.07) is 5.78. The molecule has 9 heteroatoms. The van der Waals surface area contributed by atoms with Crippen molar-refractivity contribution in [2.45, 2.75) is 45.8 Å². The average Bonchev–Trinajstić information content (AvgIpc) is 3.23. The lowest BCUT2D eigenvalue weighted by atomic mass is 10.0. The van der Waals surface area contributed by atoms with Gasteiger partial charge in [-0.3, -0.25) is 10.1 Å². The third-order valence-electron chi connectivity index (χ3n) is 4.97. The van der Waals surface area contributed by atoms with Gasteiger partial charge in [-0.15, -0.1) is 0 Å². The SMILES string of the molecule is CCOC(=O)Nc1nc2c(s1)CN(C(=O)COc1cccc3c1OC(C)(C)C3)CC2. The van der Waals surface area contributed by atoms with Gasteiger partial charge in [-0.05, 0) is 26.8 Å². The molecule has 3 heterocycles. The van der Waals surface area contributed by atoms with Gasteiger partial charge in [0.05, 0.1) is 18.8 Å². The van der Waals surface area contributed by atoms with E-state index in [9.17, 15) is 9.59 Å². The molecule has 30 heavy (non-hydrogen) atoms. The van der Waals surface area contributed by atoms with Gasteiger partial charge in [-0.25, -0.2) is 9.78 Å². The fraction of sp³-hybridized carbons (Fsp3) is 0.476. The summed E-state index contributed by atoms with van der Waals surface area (Å²) in [7, 11) is 0. The lowest BCUT2D eigenvalue weighted by Gasteiger charge is -2.26. The van der Waals surface area contributed by atoms with Crippen LogP contribution in [0.2, 0.25) is 0 Å². The maximum atomic E-state index is 12.7. The van der Waals surface area contributed by atoms with E-state index in [1.54, 1.807) is 11.8 Å². The van der Waals surface area contributed by atoms with Crippen LogP contribution in [-0.4, -0.2) is 47.2 Å². The van der Waals surface area contributed by atoms with Gasteiger partial charge in [0.15, 0.2) is 23.2 Å². The van der Waals surface area contributed by atoms with Crippen LogP contribution in [-0.2, 0) is 28.9 Å². The van der Waals surface area contributed by atoms with Crippen molar-refractivity contribution in [1.82, 2.24) is 9.88 Å². The second kappa shape index (κ2) is 8.14. The number of nitrogens with one attached hydrogen (secondary N) is 1. The molecule has 1 aromatic heterocycles. The normalized spacial score (nSPS) is 16.3. The lowest BCUT2D eigenvalue weighted by Crippen LogP contribution is -2.38. The minimum absolute atomic E-state index is 0.0533. The molecule has 2 aliphatic rings. The average molecular weight is 432 g/mol. The number of hydrogen-bond acceptors (Lipinski definition) is 7. The van der Waals surface area contributed by atoms with Gasteiger partial charge in [0.1, 0.15) is 5.60 Å². The predicted octanol–water partition coefficient (Wildman–Crippen LogP) is 3.39. The summed E-state index contributed by atoms with van der Waals surface area (Å²) in [6.45, 7) is 7.08. The Morgan fingerprint density at radius 1 is 1.37 bits per heavy atom. The Balaban J connectivity index is 1.36. The molecule has 8 nitrogen and oxygen atoms in total. The molecule has 0 bridgehead atoms. The van der Waals surface area contributed by atoms with Gasteiger partial charge < -0.3 is 19.1 Å². The fourth-order valence-electron chi connectivity index (χ4n) is 3.65. The molecular formula is C21H25N3O5S. The minimum Gasteiger partial charge on any atom is -0.483 e. The molecule has 0 saturated heterocycles. The molecule has 2 amide bonds. The Hall–Kier alpha value is -2.81. The number of nitrogens with zero attached hydrogens (tertiary/aromatic N) is 2. The number of carbonyl (C=O) groups excluding carboxylic acids is 2. The first-order valence-electron chi connectivity index (χ1n) is 9.98. The van der Waals surface area contributed by atoms with E-state index in [-0.39, 0.29) is 18.1 Å². The molecule has 0 fully saturated rings. The van der Waals surface area contributed by atoms with E-state index >= 15 is 0 Å². The largest absolute Gasteiger partial charge is 0.483 e. The molecule has 0 unspecified atom stereocenters. The summed E-state index contributed by atoms with van der Waals surface area (Å²) >= 11 is 1.36. The van der Waals surface area contributed by atoms with E-state index in [0.717, 1.165) is 28.3 Å². The molecule has 2 aliphatic heterocycles. The zero-order chi connectivity index (χ0) is 21.3. The van der Waals surface area contributed by atoms with Crippen molar-refractivity contribution in [3.63, 3.8) is 0 Å². The highest BCUT2D eigenvalue weighted by Crippen LogP contribution is 2.41. The number of rotatable bonds is 5. The molecular weight excluding hydrogens is 406 g/mol. The number of hydrogen-bond donors (Lipinski definition) is 1. The number of benzene rings is 1. The summed E-state index contributed by atoms with van der Waals surface area (Å²) in [5.41, 5.74) is 1.74. The van der Waals surface area contributed by atoms with Gasteiger partial charge >= 0.3 is 6.09 Å². The molecule has 160 valence electrons. The number of thiazole rings is 1. The van der Waals surface area contributed by atoms with Gasteiger partial charge in [0.2, 0.25) is 0 Å². The number of fused-ring (bicyclic) bond motifs is 2. The van der Waals surface area contributed by atoms with E-state index in [4.69, 9.17) is 14.2 Å².